The van der Waals surface area contributed by atoms with Gasteiger partial charge in [0, 0.05) is 38.3 Å². The molecule has 0 aliphatic rings. The Morgan fingerprint density at radius 1 is 0.320 bits per heavy atom. The Bertz CT molecular complexity index is 3070. The molecule has 0 saturated carbocycles. The molecule has 0 amide bonds. The molecule has 0 atom stereocenters. The van der Waals surface area contributed by atoms with Crippen molar-refractivity contribution in [3.05, 3.63) is 176 Å². The minimum atomic E-state index is 1.14. The summed E-state index contributed by atoms with van der Waals surface area (Å²) < 4.78 is 2.39. The molecule has 0 bridgehead atoms. The molecule has 2 nitrogen and oxygen atoms in total. The summed E-state index contributed by atoms with van der Waals surface area (Å²) in [6, 6.07) is 64.4. The summed E-state index contributed by atoms with van der Waals surface area (Å²) in [6.45, 7) is 0. The fraction of sp³-hybridized carbons (Fsp3) is 0. The van der Waals surface area contributed by atoms with E-state index in [-0.39, 0.29) is 0 Å². The highest BCUT2D eigenvalue weighted by molar-refractivity contribution is 6.25. The second-order valence-electron chi connectivity index (χ2n) is 13.4. The minimum absolute atomic E-state index is 1.14. The summed E-state index contributed by atoms with van der Waals surface area (Å²) >= 11 is 0. The third-order valence-corrected chi connectivity index (χ3v) is 10.7. The molecular formula is C48H30N2. The van der Waals surface area contributed by atoms with Gasteiger partial charge in [0.2, 0.25) is 0 Å². The number of para-hydroxylation sites is 3. The fourth-order valence-corrected chi connectivity index (χ4v) is 8.44. The molecule has 9 aromatic carbocycles. The van der Waals surface area contributed by atoms with Crippen molar-refractivity contribution < 1.29 is 0 Å². The molecule has 0 aliphatic heterocycles. The molecule has 2 heteroatoms. The number of hydrogen-bond acceptors (Lipinski definition) is 0. The predicted molar refractivity (Wildman–Crippen MR) is 214 cm³/mol. The molecule has 232 valence electrons. The Balaban J connectivity index is 1.06. The zero-order chi connectivity index (χ0) is 32.8. The molecule has 50 heavy (non-hydrogen) atoms. The van der Waals surface area contributed by atoms with E-state index in [1.165, 1.54) is 92.8 Å². The first-order valence-electron chi connectivity index (χ1n) is 17.3. The molecule has 2 aromatic heterocycles. The van der Waals surface area contributed by atoms with Gasteiger partial charge in [0.25, 0.3) is 0 Å². The Kier molecular flexibility index (Phi) is 5.70. The number of benzene rings is 9. The molecule has 11 rings (SSSR count). The van der Waals surface area contributed by atoms with Crippen molar-refractivity contribution in [2.75, 3.05) is 0 Å². The first kappa shape index (κ1) is 27.3. The van der Waals surface area contributed by atoms with Gasteiger partial charge in [-0.2, -0.15) is 0 Å². The van der Waals surface area contributed by atoms with Crippen molar-refractivity contribution in [1.82, 2.24) is 9.55 Å². The van der Waals surface area contributed by atoms with Crippen LogP contribution in [0.3, 0.4) is 0 Å². The highest BCUT2D eigenvalue weighted by Crippen LogP contribution is 2.40. The van der Waals surface area contributed by atoms with Crippen LogP contribution in [0.15, 0.2) is 176 Å². The standard InChI is InChI=1S/C48H30N2/c1-2-15-37-35(13-1)36-14-3-4-16-38(36)43-28-31(23-25-39(37)43)30-11-9-12-32(27-30)34-19-10-20-42-44-29-33(24-26-45(44)49-48(34)42)50-46-21-7-5-17-40(46)41-18-6-8-22-47(41)50/h1-29,49H. The van der Waals surface area contributed by atoms with Crippen LogP contribution in [0.2, 0.25) is 0 Å². The van der Waals surface area contributed by atoms with Gasteiger partial charge in [-0.3, -0.25) is 0 Å². The average Bonchev–Trinajstić information content (AvgIpc) is 3.73. The Morgan fingerprint density at radius 2 is 0.860 bits per heavy atom. The smallest absolute Gasteiger partial charge is 0.0544 e. The Hall–Kier alpha value is -6.64. The van der Waals surface area contributed by atoms with Crippen LogP contribution in [0.4, 0.5) is 0 Å². The molecule has 0 saturated heterocycles. The number of hydrogen-bond donors (Lipinski definition) is 1. The fourth-order valence-electron chi connectivity index (χ4n) is 8.44. The van der Waals surface area contributed by atoms with Crippen LogP contribution in [-0.4, -0.2) is 9.55 Å². The van der Waals surface area contributed by atoms with Gasteiger partial charge in [-0.1, -0.05) is 133 Å². The number of aromatic nitrogens is 2. The van der Waals surface area contributed by atoms with Gasteiger partial charge < -0.3 is 9.55 Å². The van der Waals surface area contributed by atoms with E-state index in [0.29, 0.717) is 0 Å². The van der Waals surface area contributed by atoms with E-state index in [2.05, 4.69) is 185 Å². The number of aromatic amines is 1. The average molecular weight is 635 g/mol. The molecule has 0 spiro atoms. The SMILES string of the molecule is c1cc(-c2ccc3c4ccccc4c4ccccc4c3c2)cc(-c2cccc3c2[nH]c2ccc(-n4c5ccccc5c5ccccc54)cc23)c1. The van der Waals surface area contributed by atoms with Gasteiger partial charge in [0.15, 0.2) is 0 Å². The normalized spacial score (nSPS) is 12.0. The molecule has 1 N–H and O–H groups in total. The van der Waals surface area contributed by atoms with E-state index in [1.54, 1.807) is 0 Å². The first-order valence-corrected chi connectivity index (χ1v) is 17.3. The van der Waals surface area contributed by atoms with Gasteiger partial charge in [0.1, 0.15) is 0 Å². The number of fused-ring (bicyclic) bond motifs is 12. The van der Waals surface area contributed by atoms with E-state index in [1.807, 2.05) is 0 Å². The van der Waals surface area contributed by atoms with E-state index >= 15 is 0 Å². The summed E-state index contributed by atoms with van der Waals surface area (Å²) in [5.74, 6) is 0. The maximum Gasteiger partial charge on any atom is 0.0544 e. The third kappa shape index (κ3) is 3.90. The summed E-state index contributed by atoms with van der Waals surface area (Å²) in [6.07, 6.45) is 0. The summed E-state index contributed by atoms with van der Waals surface area (Å²) in [4.78, 5) is 3.80. The van der Waals surface area contributed by atoms with Crippen molar-refractivity contribution >= 4 is 75.9 Å². The Labute approximate surface area is 288 Å². The Morgan fingerprint density at radius 3 is 1.56 bits per heavy atom. The van der Waals surface area contributed by atoms with Gasteiger partial charge in [0.05, 0.1) is 16.6 Å². The zero-order valence-electron chi connectivity index (χ0n) is 27.2. The largest absolute Gasteiger partial charge is 0.354 e. The number of H-pyrrole nitrogens is 1. The lowest BCUT2D eigenvalue weighted by Crippen LogP contribution is -1.93. The summed E-state index contributed by atoms with van der Waals surface area (Å²) in [5, 5.41) is 12.8. The lowest BCUT2D eigenvalue weighted by molar-refractivity contribution is 1.19. The highest BCUT2D eigenvalue weighted by Gasteiger charge is 2.16. The van der Waals surface area contributed by atoms with Crippen LogP contribution in [-0.2, 0) is 0 Å². The van der Waals surface area contributed by atoms with E-state index in [9.17, 15) is 0 Å². The van der Waals surface area contributed by atoms with Gasteiger partial charge >= 0.3 is 0 Å². The molecule has 11 aromatic rings. The quantitative estimate of drug-likeness (QED) is 0.187. The van der Waals surface area contributed by atoms with Crippen LogP contribution in [0.5, 0.6) is 0 Å². The maximum absolute atomic E-state index is 3.80. The predicted octanol–water partition coefficient (Wildman–Crippen LogP) is 13.2. The van der Waals surface area contributed by atoms with Crippen molar-refractivity contribution in [3.63, 3.8) is 0 Å². The number of nitrogens with one attached hydrogen (secondary N) is 1. The molecule has 2 heterocycles. The van der Waals surface area contributed by atoms with E-state index < -0.39 is 0 Å². The molecule has 0 unspecified atom stereocenters. The van der Waals surface area contributed by atoms with Gasteiger partial charge in [-0.25, -0.2) is 0 Å². The topological polar surface area (TPSA) is 20.7 Å². The van der Waals surface area contributed by atoms with Crippen molar-refractivity contribution in [2.45, 2.75) is 0 Å². The van der Waals surface area contributed by atoms with E-state index in [4.69, 9.17) is 0 Å². The minimum Gasteiger partial charge on any atom is -0.354 e. The molecule has 0 fully saturated rings. The number of rotatable bonds is 3. The van der Waals surface area contributed by atoms with Crippen LogP contribution < -0.4 is 0 Å². The van der Waals surface area contributed by atoms with Gasteiger partial charge in [-0.15, -0.1) is 0 Å². The van der Waals surface area contributed by atoms with Crippen LogP contribution >= 0.6 is 0 Å². The first-order chi connectivity index (χ1) is 24.8. The second kappa shape index (κ2) is 10.4. The van der Waals surface area contributed by atoms with Crippen molar-refractivity contribution in [2.24, 2.45) is 0 Å². The lowest BCUT2D eigenvalue weighted by atomic mass is 9.91. The van der Waals surface area contributed by atoms with Crippen LogP contribution in [0.25, 0.3) is 104 Å². The van der Waals surface area contributed by atoms with Gasteiger partial charge in [-0.05, 0) is 91.5 Å². The summed E-state index contributed by atoms with van der Waals surface area (Å²) in [7, 11) is 0. The van der Waals surface area contributed by atoms with Crippen molar-refractivity contribution in [1.29, 1.82) is 0 Å². The number of nitrogens with zero attached hydrogens (tertiary/aromatic N) is 1. The summed E-state index contributed by atoms with van der Waals surface area (Å²) in [5.41, 5.74) is 10.8. The zero-order valence-corrected chi connectivity index (χ0v) is 27.2. The monoisotopic (exact) mass is 634 g/mol. The highest BCUT2D eigenvalue weighted by atomic mass is 15.0. The van der Waals surface area contributed by atoms with Crippen LogP contribution in [0, 0.1) is 0 Å². The lowest BCUT2D eigenvalue weighted by Gasteiger charge is -2.13. The van der Waals surface area contributed by atoms with E-state index in [0.717, 1.165) is 11.0 Å². The molecular weight excluding hydrogens is 605 g/mol. The van der Waals surface area contributed by atoms with Crippen LogP contribution in [0.1, 0.15) is 0 Å². The molecule has 0 radical (unpaired) electrons. The third-order valence-electron chi connectivity index (χ3n) is 10.7. The van der Waals surface area contributed by atoms with Crippen molar-refractivity contribution in [3.8, 4) is 27.9 Å². The second-order valence-corrected chi connectivity index (χ2v) is 13.4. The maximum atomic E-state index is 3.80. The molecule has 0 aliphatic carbocycles.